The molecule has 0 radical (unpaired) electrons. The van der Waals surface area contributed by atoms with Crippen molar-refractivity contribution in [2.24, 2.45) is 45.1 Å². The Hall–Kier alpha value is -3.51. The first-order chi connectivity index (χ1) is 23.5. The first-order valence-electron chi connectivity index (χ1n) is 18.9. The van der Waals surface area contributed by atoms with Crippen LogP contribution in [-0.4, -0.2) is 87.9 Å². The predicted octanol–water partition coefficient (Wildman–Crippen LogP) is 3.04. The molecular formula is C38H60N6O7. The molecule has 2 aliphatic heterocycles. The van der Waals surface area contributed by atoms with Gasteiger partial charge in [-0.3, -0.25) is 33.7 Å². The molecule has 13 nitrogen and oxygen atoms in total. The molecule has 5 N–H and O–H groups in total. The van der Waals surface area contributed by atoms with E-state index in [2.05, 4.69) is 29.8 Å². The Balaban J connectivity index is 1.39. The molecule has 0 aromatic carbocycles. The van der Waals surface area contributed by atoms with Crippen LogP contribution >= 0.6 is 0 Å². The van der Waals surface area contributed by atoms with Gasteiger partial charge in [-0.2, -0.15) is 0 Å². The Kier molecular flexibility index (Phi) is 9.99. The number of nitrogens with zero attached hydrogens (tertiary/aromatic N) is 2. The standard InChI is InChI=1S/C38H60N6O7/c1-10-21-16-38(21,29(47)30(39)48)42-31(49)27-26-22(36(26,7)8)19-44(27)32(50)28(37(9)14-12-11-13-15-37)41-33(51)40-23(34(2,3)4)20-43-24(45)17-35(5,6)18-25(43)46/h21-23,26-28H,10-20H2,1-9H3,(H2,39,48)(H,42,49)(H2,40,41,51)/t21-,22-,23+,26-,27-,28+,38+/m0/s1. The van der Waals surface area contributed by atoms with Crippen molar-refractivity contribution in [3.8, 4) is 0 Å². The van der Waals surface area contributed by atoms with Gasteiger partial charge in [0.2, 0.25) is 29.4 Å². The number of nitrogens with one attached hydrogen (secondary N) is 3. The summed E-state index contributed by atoms with van der Waals surface area (Å²) < 4.78 is 0. The number of carbonyl (C=O) groups excluding carboxylic acids is 7. The highest BCUT2D eigenvalue weighted by molar-refractivity contribution is 6.40. The van der Waals surface area contributed by atoms with Crippen LogP contribution in [0.25, 0.3) is 0 Å². The summed E-state index contributed by atoms with van der Waals surface area (Å²) in [5.74, 6) is -3.59. The number of Topliss-reactive ketones (excluding diaryl/α,β-unsaturated/α-hetero) is 1. The van der Waals surface area contributed by atoms with Crippen molar-refractivity contribution < 1.29 is 33.6 Å². The summed E-state index contributed by atoms with van der Waals surface area (Å²) in [6.45, 7) is 17.9. The molecule has 0 spiro atoms. The van der Waals surface area contributed by atoms with Gasteiger partial charge in [0, 0.05) is 25.9 Å². The summed E-state index contributed by atoms with van der Waals surface area (Å²) in [4.78, 5) is 96.8. The average molecular weight is 713 g/mol. The fourth-order valence-electron chi connectivity index (χ4n) is 9.45. The lowest BCUT2D eigenvalue weighted by Crippen LogP contribution is -2.64. The summed E-state index contributed by atoms with van der Waals surface area (Å²) >= 11 is 0. The number of urea groups is 1. The Morgan fingerprint density at radius 3 is 2.02 bits per heavy atom. The lowest BCUT2D eigenvalue weighted by Gasteiger charge is -2.44. The van der Waals surface area contributed by atoms with Crippen molar-refractivity contribution in [1.82, 2.24) is 25.8 Å². The van der Waals surface area contributed by atoms with E-state index in [1.807, 2.05) is 48.5 Å². The van der Waals surface area contributed by atoms with E-state index in [0.29, 0.717) is 32.2 Å². The SMILES string of the molecule is CC[C@H]1C[C@]1(NC(=O)[C@@H]1[C@@H]2[C@H](CN1C(=O)[C@@H](NC(=O)N[C@H](CN1C(=O)CC(C)(C)CC1=O)C(C)(C)C)C1(C)CCCCC1)C2(C)C)C(=O)C(N)=O. The first kappa shape index (κ1) is 38.7. The van der Waals surface area contributed by atoms with E-state index in [-0.39, 0.29) is 60.3 Å². The van der Waals surface area contributed by atoms with Crippen LogP contribution in [0.4, 0.5) is 4.79 Å². The van der Waals surface area contributed by atoms with E-state index in [1.54, 1.807) is 4.90 Å². The molecule has 7 atom stereocenters. The number of imide groups is 1. The summed E-state index contributed by atoms with van der Waals surface area (Å²) in [7, 11) is 0. The Morgan fingerprint density at radius 1 is 0.922 bits per heavy atom. The molecule has 7 amide bonds. The Bertz CT molecular complexity index is 1470. The van der Waals surface area contributed by atoms with Gasteiger partial charge in [-0.25, -0.2) is 4.79 Å². The third kappa shape index (κ3) is 7.27. The molecule has 2 heterocycles. The molecular weight excluding hydrogens is 652 g/mol. The second-order valence-corrected chi connectivity index (χ2v) is 19.0. The smallest absolute Gasteiger partial charge is 0.315 e. The number of rotatable bonds is 11. The Morgan fingerprint density at radius 2 is 1.51 bits per heavy atom. The van der Waals surface area contributed by atoms with E-state index < -0.39 is 63.5 Å². The number of nitrogens with two attached hydrogens (primary N) is 1. The zero-order valence-electron chi connectivity index (χ0n) is 32.1. The van der Waals surface area contributed by atoms with E-state index in [0.717, 1.165) is 19.3 Å². The van der Waals surface area contributed by atoms with Gasteiger partial charge in [0.15, 0.2) is 0 Å². The number of piperidine rings is 2. The molecule has 13 heteroatoms. The molecule has 0 aromatic rings. The number of ketones is 1. The normalized spacial score (nSPS) is 31.5. The zero-order chi connectivity index (χ0) is 38.1. The highest BCUT2D eigenvalue weighted by Crippen LogP contribution is 2.65. The molecule has 2 saturated heterocycles. The van der Waals surface area contributed by atoms with Crippen LogP contribution in [0.5, 0.6) is 0 Å². The fraction of sp³-hybridized carbons (Fsp3) is 0.816. The number of hydrogen-bond donors (Lipinski definition) is 4. The Labute approximate surface area is 302 Å². The van der Waals surface area contributed by atoms with Gasteiger partial charge in [-0.15, -0.1) is 0 Å². The molecule has 3 aliphatic carbocycles. The zero-order valence-corrected chi connectivity index (χ0v) is 32.1. The number of carbonyl (C=O) groups is 7. The van der Waals surface area contributed by atoms with Crippen LogP contribution in [0.15, 0.2) is 0 Å². The minimum atomic E-state index is -1.36. The van der Waals surface area contributed by atoms with Gasteiger partial charge in [0.05, 0.1) is 6.04 Å². The summed E-state index contributed by atoms with van der Waals surface area (Å²) in [5.41, 5.74) is 2.27. The largest absolute Gasteiger partial charge is 0.363 e. The number of likely N-dealkylation sites (tertiary alicyclic amines) is 2. The molecule has 284 valence electrons. The lowest BCUT2D eigenvalue weighted by atomic mass is 9.70. The average Bonchev–Trinajstić information content (AvgIpc) is 3.77. The molecule has 0 bridgehead atoms. The maximum atomic E-state index is 14.8. The van der Waals surface area contributed by atoms with Crippen LogP contribution in [-0.2, 0) is 28.8 Å². The van der Waals surface area contributed by atoms with Crippen molar-refractivity contribution in [2.75, 3.05) is 13.1 Å². The van der Waals surface area contributed by atoms with E-state index in [4.69, 9.17) is 5.73 Å². The number of hydrogen-bond acceptors (Lipinski definition) is 7. The summed E-state index contributed by atoms with van der Waals surface area (Å²) in [6, 6.07) is -3.03. The monoisotopic (exact) mass is 712 g/mol. The van der Waals surface area contributed by atoms with E-state index in [1.165, 1.54) is 4.90 Å². The first-order valence-corrected chi connectivity index (χ1v) is 18.9. The fourth-order valence-corrected chi connectivity index (χ4v) is 9.45. The van der Waals surface area contributed by atoms with E-state index >= 15 is 0 Å². The molecule has 5 fully saturated rings. The van der Waals surface area contributed by atoms with Gasteiger partial charge >= 0.3 is 6.03 Å². The van der Waals surface area contributed by atoms with Gasteiger partial charge in [-0.1, -0.05) is 88.0 Å². The van der Waals surface area contributed by atoms with Crippen molar-refractivity contribution in [3.63, 3.8) is 0 Å². The quantitative estimate of drug-likeness (QED) is 0.187. The maximum Gasteiger partial charge on any atom is 0.315 e. The predicted molar refractivity (Wildman–Crippen MR) is 189 cm³/mol. The highest BCUT2D eigenvalue weighted by atomic mass is 16.2. The third-order valence-corrected chi connectivity index (χ3v) is 13.1. The molecule has 0 aromatic heterocycles. The van der Waals surface area contributed by atoms with Crippen LogP contribution in [0, 0.1) is 39.4 Å². The second kappa shape index (κ2) is 13.2. The van der Waals surface area contributed by atoms with E-state index in [9.17, 15) is 33.6 Å². The van der Waals surface area contributed by atoms with Crippen LogP contribution < -0.4 is 21.7 Å². The summed E-state index contributed by atoms with van der Waals surface area (Å²) in [5, 5.41) is 8.92. The minimum absolute atomic E-state index is 0.0118. The van der Waals surface area contributed by atoms with Gasteiger partial charge in [-0.05, 0) is 58.7 Å². The number of fused-ring (bicyclic) bond motifs is 1. The number of primary amides is 1. The van der Waals surface area contributed by atoms with Crippen LogP contribution in [0.2, 0.25) is 0 Å². The lowest BCUT2D eigenvalue weighted by molar-refractivity contribution is -0.153. The van der Waals surface area contributed by atoms with Gasteiger partial charge in [0.25, 0.3) is 5.91 Å². The highest BCUT2D eigenvalue weighted by Gasteiger charge is 2.71. The van der Waals surface area contributed by atoms with Gasteiger partial charge < -0.3 is 26.6 Å². The number of amides is 7. The van der Waals surface area contributed by atoms with Crippen LogP contribution in [0.3, 0.4) is 0 Å². The topological polar surface area (TPSA) is 188 Å². The van der Waals surface area contributed by atoms with Crippen molar-refractivity contribution in [2.45, 2.75) is 144 Å². The third-order valence-electron chi connectivity index (χ3n) is 13.1. The van der Waals surface area contributed by atoms with Crippen molar-refractivity contribution >= 4 is 41.4 Å². The molecule has 51 heavy (non-hydrogen) atoms. The second-order valence-electron chi connectivity index (χ2n) is 19.0. The van der Waals surface area contributed by atoms with Crippen molar-refractivity contribution in [1.29, 1.82) is 0 Å². The molecule has 3 saturated carbocycles. The molecule has 5 aliphatic rings. The molecule has 0 unspecified atom stereocenters. The minimum Gasteiger partial charge on any atom is -0.363 e. The maximum absolute atomic E-state index is 14.8. The van der Waals surface area contributed by atoms with Crippen molar-refractivity contribution in [3.05, 3.63) is 0 Å². The summed E-state index contributed by atoms with van der Waals surface area (Å²) in [6.07, 6.45) is 5.58. The molecule has 5 rings (SSSR count). The van der Waals surface area contributed by atoms with Gasteiger partial charge in [0.1, 0.15) is 17.6 Å². The van der Waals surface area contributed by atoms with Crippen LogP contribution in [0.1, 0.15) is 120 Å².